The van der Waals surface area contributed by atoms with Gasteiger partial charge in [0.1, 0.15) is 0 Å². The van der Waals surface area contributed by atoms with E-state index in [1.807, 2.05) is 0 Å². The molecule has 1 aromatic rings. The molecule has 18 heavy (non-hydrogen) atoms. The number of hydrogen-bond donors (Lipinski definition) is 1. The van der Waals surface area contributed by atoms with Gasteiger partial charge in [-0.2, -0.15) is 0 Å². The van der Waals surface area contributed by atoms with E-state index in [0.717, 1.165) is 0 Å². The van der Waals surface area contributed by atoms with Gasteiger partial charge < -0.3 is 10.2 Å². The zero-order valence-corrected chi connectivity index (χ0v) is 12.1. The molecule has 0 aromatic heterocycles. The zero-order chi connectivity index (χ0) is 13.3. The third-order valence-electron chi connectivity index (χ3n) is 2.92. The lowest BCUT2D eigenvalue weighted by Gasteiger charge is -2.12. The molecule has 1 aliphatic rings. The summed E-state index contributed by atoms with van der Waals surface area (Å²) in [5.41, 5.74) is 0.620. The fourth-order valence-electron chi connectivity index (χ4n) is 1.87. The number of carbonyl (C=O) groups is 2. The number of likely N-dealkylation sites (tertiary alicyclic amines) is 1. The highest BCUT2D eigenvalue weighted by Crippen LogP contribution is 2.30. The SMILES string of the molecule is CN1C[C@H](C(=O)Nc2cccc(Cl)c2Br)CC1=O. The van der Waals surface area contributed by atoms with E-state index in [0.29, 0.717) is 21.7 Å². The van der Waals surface area contributed by atoms with Crippen LogP contribution in [0.15, 0.2) is 22.7 Å². The smallest absolute Gasteiger partial charge is 0.229 e. The highest BCUT2D eigenvalue weighted by Gasteiger charge is 2.32. The van der Waals surface area contributed by atoms with Crippen molar-refractivity contribution in [3.63, 3.8) is 0 Å². The van der Waals surface area contributed by atoms with Gasteiger partial charge >= 0.3 is 0 Å². The van der Waals surface area contributed by atoms with E-state index < -0.39 is 0 Å². The summed E-state index contributed by atoms with van der Waals surface area (Å²) in [5, 5.41) is 3.32. The van der Waals surface area contributed by atoms with Gasteiger partial charge in [-0.1, -0.05) is 17.7 Å². The third kappa shape index (κ3) is 2.67. The van der Waals surface area contributed by atoms with Gasteiger partial charge in [-0.15, -0.1) is 0 Å². The number of carbonyl (C=O) groups excluding carboxylic acids is 2. The van der Waals surface area contributed by atoms with Crippen molar-refractivity contribution in [3.05, 3.63) is 27.7 Å². The molecule has 1 heterocycles. The molecule has 0 saturated carbocycles. The van der Waals surface area contributed by atoms with E-state index in [4.69, 9.17) is 11.6 Å². The van der Waals surface area contributed by atoms with Gasteiger partial charge in [0.15, 0.2) is 0 Å². The van der Waals surface area contributed by atoms with Gasteiger partial charge in [0.05, 0.1) is 21.1 Å². The van der Waals surface area contributed by atoms with Crippen LogP contribution in [0.25, 0.3) is 0 Å². The Labute approximate surface area is 118 Å². The first-order valence-corrected chi connectivity index (χ1v) is 6.65. The predicted molar refractivity (Wildman–Crippen MR) is 73.5 cm³/mol. The van der Waals surface area contributed by atoms with Gasteiger partial charge in [-0.05, 0) is 28.1 Å². The minimum atomic E-state index is -0.298. The quantitative estimate of drug-likeness (QED) is 0.905. The van der Waals surface area contributed by atoms with Crippen LogP contribution < -0.4 is 5.32 Å². The lowest BCUT2D eigenvalue weighted by molar-refractivity contribution is -0.127. The zero-order valence-electron chi connectivity index (χ0n) is 9.74. The van der Waals surface area contributed by atoms with Crippen LogP contribution in [-0.2, 0) is 9.59 Å². The first-order chi connectivity index (χ1) is 8.49. The van der Waals surface area contributed by atoms with E-state index in [2.05, 4.69) is 21.2 Å². The number of nitrogens with zero attached hydrogens (tertiary/aromatic N) is 1. The number of benzene rings is 1. The summed E-state index contributed by atoms with van der Waals surface area (Å²) >= 11 is 9.26. The van der Waals surface area contributed by atoms with Gasteiger partial charge in [0.2, 0.25) is 11.8 Å². The van der Waals surface area contributed by atoms with Crippen molar-refractivity contribution in [1.82, 2.24) is 4.90 Å². The lowest BCUT2D eigenvalue weighted by Crippen LogP contribution is -2.25. The Bertz CT molecular complexity index is 507. The average Bonchev–Trinajstić information content (AvgIpc) is 2.66. The summed E-state index contributed by atoms with van der Waals surface area (Å²) in [6.45, 7) is 0.461. The summed E-state index contributed by atoms with van der Waals surface area (Å²) < 4.78 is 0.651. The largest absolute Gasteiger partial charge is 0.345 e. The van der Waals surface area contributed by atoms with Crippen LogP contribution in [0.1, 0.15) is 6.42 Å². The summed E-state index contributed by atoms with van der Waals surface area (Å²) in [7, 11) is 1.70. The van der Waals surface area contributed by atoms with E-state index in [9.17, 15) is 9.59 Å². The Morgan fingerprint density at radius 1 is 1.56 bits per heavy atom. The molecule has 96 valence electrons. The molecule has 1 aromatic carbocycles. The van der Waals surface area contributed by atoms with Gasteiger partial charge in [0.25, 0.3) is 0 Å². The maximum absolute atomic E-state index is 12.0. The Morgan fingerprint density at radius 3 is 2.89 bits per heavy atom. The van der Waals surface area contributed by atoms with Crippen molar-refractivity contribution in [1.29, 1.82) is 0 Å². The van der Waals surface area contributed by atoms with Crippen LogP contribution in [0.4, 0.5) is 5.69 Å². The molecule has 1 saturated heterocycles. The molecule has 0 unspecified atom stereocenters. The minimum Gasteiger partial charge on any atom is -0.345 e. The molecule has 1 aliphatic heterocycles. The second-order valence-electron chi connectivity index (χ2n) is 4.27. The first kappa shape index (κ1) is 13.4. The Kier molecular flexibility index (Phi) is 3.92. The molecule has 0 aliphatic carbocycles. The van der Waals surface area contributed by atoms with E-state index in [-0.39, 0.29) is 24.2 Å². The lowest BCUT2D eigenvalue weighted by atomic mass is 10.1. The van der Waals surface area contributed by atoms with Crippen molar-refractivity contribution in [3.8, 4) is 0 Å². The molecule has 1 N–H and O–H groups in total. The predicted octanol–water partition coefficient (Wildman–Crippen LogP) is 2.52. The first-order valence-electron chi connectivity index (χ1n) is 5.48. The fraction of sp³-hybridized carbons (Fsp3) is 0.333. The van der Waals surface area contributed by atoms with E-state index in [1.54, 1.807) is 30.1 Å². The monoisotopic (exact) mass is 330 g/mol. The van der Waals surface area contributed by atoms with Crippen LogP contribution in [0.5, 0.6) is 0 Å². The molecule has 4 nitrogen and oxygen atoms in total. The molecule has 0 radical (unpaired) electrons. The molecule has 6 heteroatoms. The van der Waals surface area contributed by atoms with Crippen LogP contribution in [0.2, 0.25) is 5.02 Å². The number of hydrogen-bond acceptors (Lipinski definition) is 2. The molecule has 0 spiro atoms. The van der Waals surface area contributed by atoms with Crippen LogP contribution in [0, 0.1) is 5.92 Å². The molecule has 0 bridgehead atoms. The topological polar surface area (TPSA) is 49.4 Å². The third-order valence-corrected chi connectivity index (χ3v) is 4.32. The standard InChI is InChI=1S/C12H12BrClN2O2/c1-16-6-7(5-10(16)17)12(18)15-9-4-2-3-8(14)11(9)13/h2-4,7H,5-6H2,1H3,(H,15,18)/t7-/m1/s1. The number of amides is 2. The average molecular weight is 332 g/mol. The van der Waals surface area contributed by atoms with Gasteiger partial charge in [-0.25, -0.2) is 0 Å². The van der Waals surface area contributed by atoms with Crippen LogP contribution >= 0.6 is 27.5 Å². The summed E-state index contributed by atoms with van der Waals surface area (Å²) in [5.74, 6) is -0.454. The van der Waals surface area contributed by atoms with Crippen LogP contribution in [0.3, 0.4) is 0 Å². The maximum atomic E-state index is 12.0. The number of halogens is 2. The summed E-state index contributed by atoms with van der Waals surface area (Å²) in [4.78, 5) is 25.0. The highest BCUT2D eigenvalue weighted by molar-refractivity contribution is 9.10. The minimum absolute atomic E-state index is 0.000287. The van der Waals surface area contributed by atoms with E-state index >= 15 is 0 Å². The summed E-state index contributed by atoms with van der Waals surface area (Å²) in [6, 6.07) is 5.25. The Balaban J connectivity index is 2.08. The summed E-state index contributed by atoms with van der Waals surface area (Å²) in [6.07, 6.45) is 0.264. The number of nitrogens with one attached hydrogen (secondary N) is 1. The maximum Gasteiger partial charge on any atom is 0.229 e. The van der Waals surface area contributed by atoms with Gasteiger partial charge in [0, 0.05) is 20.0 Å². The number of anilines is 1. The fourth-order valence-corrected chi connectivity index (χ4v) is 2.41. The van der Waals surface area contributed by atoms with E-state index in [1.165, 1.54) is 0 Å². The highest BCUT2D eigenvalue weighted by atomic mass is 79.9. The molecule has 1 atom stereocenters. The van der Waals surface area contributed by atoms with Crippen LogP contribution in [-0.4, -0.2) is 30.3 Å². The second kappa shape index (κ2) is 5.28. The molecular weight excluding hydrogens is 320 g/mol. The molecule has 2 rings (SSSR count). The van der Waals surface area contributed by atoms with Crippen molar-refractivity contribution in [2.24, 2.45) is 5.92 Å². The van der Waals surface area contributed by atoms with Crippen molar-refractivity contribution in [2.45, 2.75) is 6.42 Å². The Morgan fingerprint density at radius 2 is 2.28 bits per heavy atom. The van der Waals surface area contributed by atoms with Crippen molar-refractivity contribution >= 4 is 45.0 Å². The van der Waals surface area contributed by atoms with Gasteiger partial charge in [-0.3, -0.25) is 9.59 Å². The second-order valence-corrected chi connectivity index (χ2v) is 5.47. The number of rotatable bonds is 2. The Hall–Kier alpha value is -1.07. The molecule has 1 fully saturated rings. The molecule has 2 amide bonds. The normalized spacial score (nSPS) is 19.2. The molecular formula is C12H12BrClN2O2. The van der Waals surface area contributed by atoms with Crippen molar-refractivity contribution in [2.75, 3.05) is 18.9 Å². The van der Waals surface area contributed by atoms with Crippen molar-refractivity contribution < 1.29 is 9.59 Å².